The normalized spacial score (nSPS) is 10.1. The molecule has 0 atom stereocenters. The van der Waals surface area contributed by atoms with Gasteiger partial charge in [0, 0.05) is 0 Å². The summed E-state index contributed by atoms with van der Waals surface area (Å²) in [7, 11) is -2.59. The highest BCUT2D eigenvalue weighted by molar-refractivity contribution is 7.72. The summed E-state index contributed by atoms with van der Waals surface area (Å²) in [5.41, 5.74) is 0.354. The molecule has 76 valence electrons. The van der Waals surface area contributed by atoms with Crippen molar-refractivity contribution in [1.29, 1.82) is 0 Å². The first-order valence-electron chi connectivity index (χ1n) is 4.06. The Morgan fingerprint density at radius 1 is 1.29 bits per heavy atom. The van der Waals surface area contributed by atoms with Crippen LogP contribution in [-0.4, -0.2) is 21.0 Å². The average Bonchev–Trinajstić information content (AvgIpc) is 2.18. The maximum absolute atomic E-state index is 11.2. The topological polar surface area (TPSA) is 60.4 Å². The molecule has 1 rings (SSSR count). The second-order valence-electron chi connectivity index (χ2n) is 2.52. The number of benzene rings is 1. The van der Waals surface area contributed by atoms with E-state index in [-0.39, 0.29) is 4.90 Å². The number of rotatable bonds is 3. The third-order valence-corrected chi connectivity index (χ3v) is 2.31. The van der Waals surface area contributed by atoms with Gasteiger partial charge in [0.25, 0.3) is 0 Å². The molecule has 0 saturated heterocycles. The molecule has 0 radical (unpaired) electrons. The number of hydrogen-bond acceptors (Lipinski definition) is 4. The van der Waals surface area contributed by atoms with Gasteiger partial charge >= 0.3 is 5.97 Å². The summed E-state index contributed by atoms with van der Waals surface area (Å²) in [6, 6.07) is 5.60. The molecule has 0 bridgehead atoms. The van der Waals surface area contributed by atoms with Gasteiger partial charge in [-0.05, 0) is 31.2 Å². The van der Waals surface area contributed by atoms with Gasteiger partial charge in [-0.3, -0.25) is 0 Å². The van der Waals surface area contributed by atoms with Crippen LogP contribution in [0.1, 0.15) is 17.3 Å². The van der Waals surface area contributed by atoms with Crippen molar-refractivity contribution in [3.05, 3.63) is 29.8 Å². The van der Waals surface area contributed by atoms with Gasteiger partial charge < -0.3 is 4.74 Å². The second kappa shape index (κ2) is 4.76. The largest absolute Gasteiger partial charge is 0.462 e. The Balaban J connectivity index is 2.88. The van der Waals surface area contributed by atoms with Crippen molar-refractivity contribution in [3.63, 3.8) is 0 Å². The fourth-order valence-corrected chi connectivity index (χ4v) is 1.33. The second-order valence-corrected chi connectivity index (χ2v) is 3.56. The first-order chi connectivity index (χ1) is 6.65. The van der Waals surface area contributed by atoms with Crippen molar-refractivity contribution >= 4 is 16.7 Å². The molecule has 0 fully saturated rings. The van der Waals surface area contributed by atoms with Crippen LogP contribution in [0.3, 0.4) is 0 Å². The average molecular weight is 214 g/mol. The Morgan fingerprint density at radius 2 is 1.86 bits per heavy atom. The van der Waals surface area contributed by atoms with Crippen molar-refractivity contribution in [2.45, 2.75) is 11.8 Å². The van der Waals surface area contributed by atoms with Gasteiger partial charge in [0.1, 0.15) is 0 Å². The summed E-state index contributed by atoms with van der Waals surface area (Å²) < 4.78 is 25.8. The molecular weight excluding hydrogens is 204 g/mol. The lowest BCUT2D eigenvalue weighted by Gasteiger charge is -2.00. The highest BCUT2D eigenvalue weighted by Crippen LogP contribution is 2.06. The highest BCUT2D eigenvalue weighted by Gasteiger charge is 2.05. The quantitative estimate of drug-likeness (QED) is 0.598. The molecule has 0 aliphatic heterocycles. The van der Waals surface area contributed by atoms with E-state index in [0.717, 1.165) is 0 Å². The monoisotopic (exact) mass is 214 g/mol. The number of hydrogen-bond donors (Lipinski definition) is 1. The molecule has 0 heterocycles. The van der Waals surface area contributed by atoms with E-state index in [4.69, 9.17) is 4.74 Å². The molecule has 4 nitrogen and oxygen atoms in total. The van der Waals surface area contributed by atoms with Crippen LogP contribution in [0.4, 0.5) is 0 Å². The van der Waals surface area contributed by atoms with E-state index in [1.807, 2.05) is 0 Å². The van der Waals surface area contributed by atoms with Crippen LogP contribution >= 0.6 is 0 Å². The minimum Gasteiger partial charge on any atom is -0.462 e. The number of carbonyl (C=O) groups excluding carboxylic acids is 1. The van der Waals surface area contributed by atoms with Crippen LogP contribution in [0, 0.1) is 0 Å². The highest BCUT2D eigenvalue weighted by atomic mass is 32.2. The van der Waals surface area contributed by atoms with Gasteiger partial charge in [-0.15, -0.1) is 0 Å². The van der Waals surface area contributed by atoms with E-state index in [1.165, 1.54) is 24.3 Å². The maximum Gasteiger partial charge on any atom is 0.338 e. The molecular formula is C9H10O4S. The Kier molecular flexibility index (Phi) is 3.64. The van der Waals surface area contributed by atoms with Crippen LogP contribution in [-0.2, 0) is 15.4 Å². The van der Waals surface area contributed by atoms with Crippen molar-refractivity contribution in [3.8, 4) is 0 Å². The summed E-state index contributed by atoms with van der Waals surface area (Å²) in [4.78, 5) is 11.3. The molecule has 0 aliphatic rings. The van der Waals surface area contributed by atoms with E-state index in [1.54, 1.807) is 6.92 Å². The van der Waals surface area contributed by atoms with Gasteiger partial charge in [-0.1, -0.05) is 0 Å². The Labute approximate surface area is 83.5 Å². The summed E-state index contributed by atoms with van der Waals surface area (Å²) >= 11 is 0. The predicted octanol–water partition coefficient (Wildman–Crippen LogP) is 0.834. The first-order valence-corrected chi connectivity index (χ1v) is 5.24. The zero-order chi connectivity index (χ0) is 10.6. The van der Waals surface area contributed by atoms with Crippen molar-refractivity contribution in [1.82, 2.24) is 0 Å². The van der Waals surface area contributed by atoms with Gasteiger partial charge in [-0.25, -0.2) is 13.2 Å². The van der Waals surface area contributed by atoms with Crippen LogP contribution in [0.15, 0.2) is 29.2 Å². The first kappa shape index (κ1) is 10.7. The van der Waals surface area contributed by atoms with Crippen LogP contribution in [0.2, 0.25) is 0 Å². The van der Waals surface area contributed by atoms with E-state index in [9.17, 15) is 13.2 Å². The smallest absolute Gasteiger partial charge is 0.338 e. The van der Waals surface area contributed by atoms with Crippen molar-refractivity contribution in [2.75, 3.05) is 6.61 Å². The van der Waals surface area contributed by atoms with E-state index in [2.05, 4.69) is 0 Å². The van der Waals surface area contributed by atoms with E-state index >= 15 is 0 Å². The zero-order valence-corrected chi connectivity index (χ0v) is 8.49. The van der Waals surface area contributed by atoms with E-state index < -0.39 is 16.7 Å². The number of ether oxygens (including phenoxy) is 1. The summed E-state index contributed by atoms with van der Waals surface area (Å²) in [6.07, 6.45) is 0. The van der Waals surface area contributed by atoms with Gasteiger partial charge in [-0.2, -0.15) is 0 Å². The van der Waals surface area contributed by atoms with Gasteiger partial charge in [0.15, 0.2) is 10.7 Å². The van der Waals surface area contributed by atoms with Crippen LogP contribution in [0.25, 0.3) is 0 Å². The SMILES string of the molecule is CCOC(=O)c1ccc([SH](=O)=O)cc1. The third kappa shape index (κ3) is 2.56. The standard InChI is InChI=1S/C9H10O4S/c1-2-13-9(10)7-3-5-8(6-4-7)14(11)12/h3-6,14H,2H2,1H3. The van der Waals surface area contributed by atoms with Crippen LogP contribution < -0.4 is 0 Å². The maximum atomic E-state index is 11.2. The predicted molar refractivity (Wildman–Crippen MR) is 51.0 cm³/mol. The van der Waals surface area contributed by atoms with E-state index in [0.29, 0.717) is 12.2 Å². The summed E-state index contributed by atoms with van der Waals surface area (Å²) in [6.45, 7) is 2.01. The van der Waals surface area contributed by atoms with Gasteiger partial charge in [0.2, 0.25) is 0 Å². The summed E-state index contributed by atoms with van der Waals surface area (Å²) in [5.74, 6) is -0.444. The molecule has 0 amide bonds. The lowest BCUT2D eigenvalue weighted by atomic mass is 10.2. The number of thiol groups is 1. The van der Waals surface area contributed by atoms with Crippen molar-refractivity contribution < 1.29 is 17.9 Å². The Bertz CT molecular complexity index is 384. The minimum absolute atomic E-state index is 0.188. The van der Waals surface area contributed by atoms with Gasteiger partial charge in [0.05, 0.1) is 17.1 Å². The third-order valence-electron chi connectivity index (χ3n) is 1.59. The molecule has 5 heteroatoms. The molecule has 14 heavy (non-hydrogen) atoms. The number of carbonyl (C=O) groups is 1. The zero-order valence-electron chi connectivity index (χ0n) is 7.60. The molecule has 0 N–H and O–H groups in total. The molecule has 0 saturated carbocycles. The molecule has 1 aromatic rings. The number of esters is 1. The lowest BCUT2D eigenvalue weighted by molar-refractivity contribution is 0.0526. The Morgan fingerprint density at radius 3 is 2.29 bits per heavy atom. The molecule has 1 aromatic carbocycles. The molecule has 0 unspecified atom stereocenters. The van der Waals surface area contributed by atoms with Crippen LogP contribution in [0.5, 0.6) is 0 Å². The summed E-state index contributed by atoms with van der Waals surface area (Å²) in [5, 5.41) is 0. The fourth-order valence-electron chi connectivity index (χ4n) is 0.934. The Hall–Kier alpha value is -1.36. The lowest BCUT2D eigenvalue weighted by Crippen LogP contribution is -2.04. The molecule has 0 aliphatic carbocycles. The fraction of sp³-hybridized carbons (Fsp3) is 0.222. The molecule has 0 spiro atoms. The van der Waals surface area contributed by atoms with Crippen molar-refractivity contribution in [2.24, 2.45) is 0 Å². The molecule has 0 aromatic heterocycles. The minimum atomic E-state index is -2.59.